The Morgan fingerprint density at radius 2 is 2.13 bits per heavy atom. The average Bonchev–Trinajstić information content (AvgIpc) is 2.71. The maximum atomic E-state index is 14.2. The van der Waals surface area contributed by atoms with Crippen molar-refractivity contribution in [3.8, 4) is 0 Å². The van der Waals surface area contributed by atoms with E-state index in [1.807, 2.05) is 25.8 Å². The molecule has 0 spiro atoms. The Morgan fingerprint density at radius 3 is 2.81 bits per heavy atom. The van der Waals surface area contributed by atoms with Gasteiger partial charge in [0.15, 0.2) is 0 Å². The van der Waals surface area contributed by atoms with Crippen LogP contribution in [0.15, 0.2) is 18.2 Å². The van der Waals surface area contributed by atoms with E-state index in [0.29, 0.717) is 36.8 Å². The minimum Gasteiger partial charge on any atom is -0.444 e. The molecule has 3 unspecified atom stereocenters. The summed E-state index contributed by atoms with van der Waals surface area (Å²) in [6.45, 7) is 7.93. The van der Waals surface area contributed by atoms with Crippen LogP contribution in [0.3, 0.4) is 0 Å². The van der Waals surface area contributed by atoms with E-state index in [2.05, 4.69) is 5.32 Å². The first-order valence-electron chi connectivity index (χ1n) is 10.8. The third-order valence-corrected chi connectivity index (χ3v) is 5.95. The van der Waals surface area contributed by atoms with E-state index >= 15 is 0 Å². The van der Waals surface area contributed by atoms with Crippen LogP contribution in [-0.4, -0.2) is 71.6 Å². The Bertz CT molecular complexity index is 761. The van der Waals surface area contributed by atoms with Gasteiger partial charge >= 0.3 is 6.09 Å². The van der Waals surface area contributed by atoms with Crippen LogP contribution in [-0.2, 0) is 16.2 Å². The Hall–Kier alpha value is -1.45. The molecule has 2 aliphatic rings. The summed E-state index contributed by atoms with van der Waals surface area (Å²) in [6, 6.07) is 4.02. The van der Waals surface area contributed by atoms with E-state index in [9.17, 15) is 14.3 Å². The summed E-state index contributed by atoms with van der Waals surface area (Å²) >= 11 is 5.84. The van der Waals surface area contributed by atoms with E-state index in [0.717, 1.165) is 12.8 Å². The van der Waals surface area contributed by atoms with Crippen molar-refractivity contribution in [1.82, 2.24) is 15.3 Å². The van der Waals surface area contributed by atoms with Crippen LogP contribution in [0, 0.1) is 11.7 Å². The number of benzene rings is 1. The van der Waals surface area contributed by atoms with Crippen molar-refractivity contribution in [1.29, 1.82) is 0 Å². The number of piperazine rings is 1. The number of hydrogen-bond donors (Lipinski definition) is 2. The fourth-order valence-corrected chi connectivity index (χ4v) is 4.45. The fourth-order valence-electron chi connectivity index (χ4n) is 4.29. The van der Waals surface area contributed by atoms with Gasteiger partial charge in [0, 0.05) is 49.3 Å². The summed E-state index contributed by atoms with van der Waals surface area (Å²) in [5.74, 6) is -0.492. The van der Waals surface area contributed by atoms with Crippen molar-refractivity contribution in [3.63, 3.8) is 0 Å². The van der Waals surface area contributed by atoms with Crippen molar-refractivity contribution in [2.75, 3.05) is 32.8 Å². The molecule has 1 amide bonds. The van der Waals surface area contributed by atoms with Crippen LogP contribution < -0.4 is 5.32 Å². The van der Waals surface area contributed by atoms with E-state index in [1.54, 1.807) is 17.0 Å². The van der Waals surface area contributed by atoms with Gasteiger partial charge < -0.3 is 20.1 Å². The minimum absolute atomic E-state index is 0.0154. The molecule has 1 aromatic carbocycles. The van der Waals surface area contributed by atoms with Crippen LogP contribution in [0.4, 0.5) is 9.18 Å². The second-order valence-corrected chi connectivity index (χ2v) is 9.61. The number of nitrogens with zero attached hydrogens (tertiary/aromatic N) is 2. The van der Waals surface area contributed by atoms with Gasteiger partial charge in [0.05, 0.1) is 18.7 Å². The van der Waals surface area contributed by atoms with Crippen LogP contribution in [0.5, 0.6) is 0 Å². The summed E-state index contributed by atoms with van der Waals surface area (Å²) in [4.78, 5) is 20.7. The molecular weight excluding hydrogens is 425 g/mol. The standard InChI is InChI=1S/C22H33ClFN3O4/c1-22(2,3)31-21(29)26-10-8-25-12-19(26)20-15(13-28)5-4-9-27(20)30-14-16-6-7-17(23)11-18(16)24/h6-7,11,15,19-20,25,28H,4-5,8-10,12-14H2,1-3H3. The number of nitrogens with one attached hydrogen (secondary N) is 1. The lowest BCUT2D eigenvalue weighted by atomic mass is 9.85. The lowest BCUT2D eigenvalue weighted by Gasteiger charge is -2.48. The highest BCUT2D eigenvalue weighted by atomic mass is 35.5. The first-order chi connectivity index (χ1) is 14.7. The van der Waals surface area contributed by atoms with Gasteiger partial charge in [-0.05, 0) is 45.7 Å². The fraction of sp³-hybridized carbons (Fsp3) is 0.682. The molecule has 31 heavy (non-hydrogen) atoms. The SMILES string of the molecule is CC(C)(C)OC(=O)N1CCNCC1C1C(CO)CCCN1OCc1ccc(Cl)cc1F. The molecule has 3 rings (SSSR count). The quantitative estimate of drug-likeness (QED) is 0.707. The van der Waals surface area contributed by atoms with Crippen LogP contribution >= 0.6 is 11.6 Å². The number of aliphatic hydroxyl groups is 1. The highest BCUT2D eigenvalue weighted by Gasteiger charge is 2.43. The number of hydrogen-bond acceptors (Lipinski definition) is 6. The first-order valence-corrected chi connectivity index (χ1v) is 11.2. The van der Waals surface area contributed by atoms with E-state index in [-0.39, 0.29) is 37.3 Å². The third kappa shape index (κ3) is 6.29. The number of rotatable bonds is 5. The topological polar surface area (TPSA) is 74.3 Å². The average molecular weight is 458 g/mol. The Kier molecular flexibility index (Phi) is 8.15. The Morgan fingerprint density at radius 1 is 1.35 bits per heavy atom. The van der Waals surface area contributed by atoms with Gasteiger partial charge in [-0.3, -0.25) is 4.84 Å². The highest BCUT2D eigenvalue weighted by Crippen LogP contribution is 2.30. The van der Waals surface area contributed by atoms with Crippen molar-refractivity contribution in [2.24, 2.45) is 5.92 Å². The van der Waals surface area contributed by atoms with Gasteiger partial charge in [0.2, 0.25) is 0 Å². The lowest BCUT2D eigenvalue weighted by Crippen LogP contribution is -2.65. The zero-order valence-electron chi connectivity index (χ0n) is 18.4. The number of amides is 1. The predicted molar refractivity (Wildman–Crippen MR) is 116 cm³/mol. The molecule has 2 aliphatic heterocycles. The normalized spacial score (nSPS) is 25.5. The lowest BCUT2D eigenvalue weighted by molar-refractivity contribution is -0.235. The van der Waals surface area contributed by atoms with Gasteiger partial charge in [-0.2, -0.15) is 5.06 Å². The van der Waals surface area contributed by atoms with E-state index in [1.165, 1.54) is 6.07 Å². The number of carbonyl (C=O) groups excluding carboxylic acids is 1. The summed E-state index contributed by atoms with van der Waals surface area (Å²) in [6.07, 6.45) is 1.30. The molecule has 2 saturated heterocycles. The molecule has 0 saturated carbocycles. The number of piperidine rings is 1. The number of hydroxylamine groups is 2. The molecular formula is C22H33ClFN3O4. The van der Waals surface area contributed by atoms with Crippen molar-refractivity contribution < 1.29 is 23.9 Å². The monoisotopic (exact) mass is 457 g/mol. The van der Waals surface area contributed by atoms with Crippen molar-refractivity contribution >= 4 is 17.7 Å². The number of carbonyl (C=O) groups is 1. The maximum Gasteiger partial charge on any atom is 0.410 e. The van der Waals surface area contributed by atoms with Gasteiger partial charge in [-0.25, -0.2) is 9.18 Å². The summed E-state index contributed by atoms with van der Waals surface area (Å²) in [7, 11) is 0. The van der Waals surface area contributed by atoms with Crippen LogP contribution in [0.2, 0.25) is 5.02 Å². The smallest absolute Gasteiger partial charge is 0.410 e. The molecule has 0 bridgehead atoms. The predicted octanol–water partition coefficient (Wildman–Crippen LogP) is 3.19. The zero-order chi connectivity index (χ0) is 22.6. The molecule has 2 heterocycles. The van der Waals surface area contributed by atoms with Gasteiger partial charge in [0.25, 0.3) is 0 Å². The Labute approximate surface area is 188 Å². The second-order valence-electron chi connectivity index (χ2n) is 9.17. The van der Waals surface area contributed by atoms with Gasteiger partial charge in [-0.15, -0.1) is 0 Å². The molecule has 9 heteroatoms. The largest absolute Gasteiger partial charge is 0.444 e. The van der Waals surface area contributed by atoms with Crippen LogP contribution in [0.25, 0.3) is 0 Å². The zero-order valence-corrected chi connectivity index (χ0v) is 19.2. The highest BCUT2D eigenvalue weighted by molar-refractivity contribution is 6.30. The Balaban J connectivity index is 1.79. The van der Waals surface area contributed by atoms with Gasteiger partial charge in [-0.1, -0.05) is 17.7 Å². The molecule has 7 nitrogen and oxygen atoms in total. The van der Waals surface area contributed by atoms with Gasteiger partial charge in [0.1, 0.15) is 11.4 Å². The third-order valence-electron chi connectivity index (χ3n) is 5.71. The summed E-state index contributed by atoms with van der Waals surface area (Å²) in [5.41, 5.74) is -0.197. The molecule has 2 fully saturated rings. The molecule has 0 aliphatic carbocycles. The molecule has 0 radical (unpaired) electrons. The molecule has 2 N–H and O–H groups in total. The minimum atomic E-state index is -0.599. The molecule has 1 aromatic rings. The number of ether oxygens (including phenoxy) is 1. The first kappa shape index (κ1) is 24.2. The summed E-state index contributed by atoms with van der Waals surface area (Å²) < 4.78 is 19.9. The second kappa shape index (κ2) is 10.4. The number of halogens is 2. The molecule has 3 atom stereocenters. The van der Waals surface area contributed by atoms with Crippen LogP contribution in [0.1, 0.15) is 39.2 Å². The molecule has 174 valence electrons. The van der Waals surface area contributed by atoms with Crippen molar-refractivity contribution in [3.05, 3.63) is 34.6 Å². The summed E-state index contributed by atoms with van der Waals surface area (Å²) in [5, 5.41) is 15.6. The van der Waals surface area contributed by atoms with Crippen molar-refractivity contribution in [2.45, 2.75) is 57.9 Å². The molecule has 0 aromatic heterocycles. The maximum absolute atomic E-state index is 14.2. The van der Waals surface area contributed by atoms with E-state index in [4.69, 9.17) is 21.2 Å². The number of aliphatic hydroxyl groups excluding tert-OH is 1. The van der Waals surface area contributed by atoms with E-state index < -0.39 is 11.4 Å².